The van der Waals surface area contributed by atoms with Gasteiger partial charge in [-0.25, -0.2) is 14.2 Å². The van der Waals surface area contributed by atoms with E-state index in [4.69, 9.17) is 9.52 Å². The third-order valence-corrected chi connectivity index (χ3v) is 3.00. The molecule has 0 aliphatic rings. The van der Waals surface area contributed by atoms with Crippen LogP contribution in [-0.2, 0) is 6.42 Å². The van der Waals surface area contributed by atoms with Gasteiger partial charge in [0.25, 0.3) is 0 Å². The second kappa shape index (κ2) is 4.89. The first kappa shape index (κ1) is 12.8. The number of aryl methyl sites for hydroxylation is 1. The van der Waals surface area contributed by atoms with Crippen molar-refractivity contribution in [3.63, 3.8) is 0 Å². The van der Waals surface area contributed by atoms with E-state index in [0.717, 1.165) is 0 Å². The molecule has 0 aliphatic heterocycles. The maximum Gasteiger partial charge on any atom is 0.373 e. The second-order valence-corrected chi connectivity index (χ2v) is 4.44. The summed E-state index contributed by atoms with van der Waals surface area (Å²) in [5, 5.41) is 8.95. The number of aromatic nitrogens is 1. The highest BCUT2D eigenvalue weighted by molar-refractivity contribution is 9.10. The fourth-order valence-corrected chi connectivity index (χ4v) is 1.89. The smallest absolute Gasteiger partial charge is 0.373 e. The summed E-state index contributed by atoms with van der Waals surface area (Å²) in [5.41, 5.74) is 0.892. The van der Waals surface area contributed by atoms with Crippen LogP contribution in [0.5, 0.6) is 0 Å². The number of rotatable bonds is 3. The van der Waals surface area contributed by atoms with Gasteiger partial charge in [-0.3, -0.25) is 0 Å². The molecule has 0 saturated carbocycles. The predicted octanol–water partition coefficient (Wildman–Crippen LogP) is 3.50. The Balaban J connectivity index is 2.50. The van der Waals surface area contributed by atoms with Crippen molar-refractivity contribution in [2.45, 2.75) is 13.3 Å². The first-order valence-corrected chi connectivity index (χ1v) is 6.00. The third-order valence-electron chi connectivity index (χ3n) is 2.39. The molecule has 0 amide bonds. The minimum Gasteiger partial charge on any atom is -0.475 e. The van der Waals surface area contributed by atoms with Gasteiger partial charge in [0.1, 0.15) is 5.82 Å². The summed E-state index contributed by atoms with van der Waals surface area (Å²) >= 11 is 3.05. The number of hydrogen-bond acceptors (Lipinski definition) is 3. The van der Waals surface area contributed by atoms with Gasteiger partial charge in [0.2, 0.25) is 11.7 Å². The van der Waals surface area contributed by atoms with Crippen LogP contribution in [-0.4, -0.2) is 16.1 Å². The van der Waals surface area contributed by atoms with Crippen LogP contribution in [0.15, 0.2) is 27.1 Å². The molecule has 0 bridgehead atoms. The van der Waals surface area contributed by atoms with Crippen LogP contribution in [0.2, 0.25) is 0 Å². The van der Waals surface area contributed by atoms with Crippen LogP contribution >= 0.6 is 15.9 Å². The molecule has 0 aliphatic carbocycles. The predicted molar refractivity (Wildman–Crippen MR) is 65.9 cm³/mol. The lowest BCUT2D eigenvalue weighted by Crippen LogP contribution is -1.98. The maximum absolute atomic E-state index is 13.1. The standard InChI is InChI=1S/C12H9BrFNO3/c1-2-9-10(12(16)17)18-11(15-9)6-3-4-8(14)7(13)5-6/h3-5H,2H2,1H3,(H,16,17). The normalized spacial score (nSPS) is 10.6. The molecule has 0 fully saturated rings. The highest BCUT2D eigenvalue weighted by Gasteiger charge is 2.19. The lowest BCUT2D eigenvalue weighted by Gasteiger charge is -1.97. The molecule has 4 nitrogen and oxygen atoms in total. The Morgan fingerprint density at radius 2 is 2.28 bits per heavy atom. The molecular formula is C12H9BrFNO3. The number of aromatic carboxylic acids is 1. The lowest BCUT2D eigenvalue weighted by atomic mass is 10.2. The minimum atomic E-state index is -1.16. The number of hydrogen-bond donors (Lipinski definition) is 1. The van der Waals surface area contributed by atoms with Gasteiger partial charge in [0.05, 0.1) is 10.2 Å². The van der Waals surface area contributed by atoms with Crippen molar-refractivity contribution in [2.75, 3.05) is 0 Å². The molecule has 0 unspecified atom stereocenters. The molecular weight excluding hydrogens is 305 g/mol. The van der Waals surface area contributed by atoms with Gasteiger partial charge in [-0.1, -0.05) is 6.92 Å². The van der Waals surface area contributed by atoms with Crippen LogP contribution in [0.3, 0.4) is 0 Å². The van der Waals surface area contributed by atoms with Gasteiger partial charge in [0, 0.05) is 5.56 Å². The Bertz CT molecular complexity index is 609. The zero-order chi connectivity index (χ0) is 13.3. The first-order valence-electron chi connectivity index (χ1n) is 5.21. The summed E-state index contributed by atoms with van der Waals surface area (Å²) in [6.45, 7) is 1.79. The van der Waals surface area contributed by atoms with Crippen molar-refractivity contribution in [2.24, 2.45) is 0 Å². The Hall–Kier alpha value is -1.69. The lowest BCUT2D eigenvalue weighted by molar-refractivity contribution is 0.0662. The molecule has 2 aromatic rings. The summed E-state index contributed by atoms with van der Waals surface area (Å²) in [5.74, 6) is -1.57. The molecule has 6 heteroatoms. The van der Waals surface area contributed by atoms with E-state index < -0.39 is 11.8 Å². The van der Waals surface area contributed by atoms with E-state index in [1.807, 2.05) is 0 Å². The summed E-state index contributed by atoms with van der Waals surface area (Å²) in [4.78, 5) is 15.0. The highest BCUT2D eigenvalue weighted by Crippen LogP contribution is 2.26. The zero-order valence-corrected chi connectivity index (χ0v) is 11.0. The van der Waals surface area contributed by atoms with E-state index in [1.165, 1.54) is 18.2 Å². The quantitative estimate of drug-likeness (QED) is 0.942. The van der Waals surface area contributed by atoms with E-state index >= 15 is 0 Å². The molecule has 0 radical (unpaired) electrons. The number of carboxylic acids is 1. The van der Waals surface area contributed by atoms with Crippen molar-refractivity contribution >= 4 is 21.9 Å². The number of oxazole rings is 1. The molecule has 0 saturated heterocycles. The molecule has 1 N–H and O–H groups in total. The Morgan fingerprint density at radius 1 is 1.56 bits per heavy atom. The Kier molecular flexibility index (Phi) is 3.47. The largest absolute Gasteiger partial charge is 0.475 e. The molecule has 1 aromatic heterocycles. The van der Waals surface area contributed by atoms with E-state index in [2.05, 4.69) is 20.9 Å². The van der Waals surface area contributed by atoms with Crippen LogP contribution in [0.25, 0.3) is 11.5 Å². The van der Waals surface area contributed by atoms with Crippen LogP contribution in [0.1, 0.15) is 23.2 Å². The van der Waals surface area contributed by atoms with Gasteiger partial charge in [-0.05, 0) is 40.5 Å². The number of benzene rings is 1. The van der Waals surface area contributed by atoms with Crippen molar-refractivity contribution in [1.29, 1.82) is 0 Å². The molecule has 1 heterocycles. The fraction of sp³-hybridized carbons (Fsp3) is 0.167. The molecule has 0 spiro atoms. The second-order valence-electron chi connectivity index (χ2n) is 3.58. The van der Waals surface area contributed by atoms with E-state index in [9.17, 15) is 9.18 Å². The highest BCUT2D eigenvalue weighted by atomic mass is 79.9. The maximum atomic E-state index is 13.1. The molecule has 0 atom stereocenters. The summed E-state index contributed by atoms with van der Waals surface area (Å²) in [6, 6.07) is 4.24. The average molecular weight is 314 g/mol. The van der Waals surface area contributed by atoms with Gasteiger partial charge in [-0.2, -0.15) is 0 Å². The number of nitrogens with zero attached hydrogens (tertiary/aromatic N) is 1. The van der Waals surface area contributed by atoms with Crippen molar-refractivity contribution in [3.05, 3.63) is 39.9 Å². The van der Waals surface area contributed by atoms with Gasteiger partial charge >= 0.3 is 5.97 Å². The van der Waals surface area contributed by atoms with Gasteiger partial charge < -0.3 is 9.52 Å². The van der Waals surface area contributed by atoms with Gasteiger partial charge in [0.15, 0.2) is 0 Å². The van der Waals surface area contributed by atoms with Crippen molar-refractivity contribution < 1.29 is 18.7 Å². The van der Waals surface area contributed by atoms with E-state index in [0.29, 0.717) is 17.7 Å². The Labute approximate surface area is 111 Å². The molecule has 18 heavy (non-hydrogen) atoms. The summed E-state index contributed by atoms with van der Waals surface area (Å²) in [7, 11) is 0. The minimum absolute atomic E-state index is 0.171. The number of halogens is 2. The van der Waals surface area contributed by atoms with Crippen LogP contribution in [0.4, 0.5) is 4.39 Å². The van der Waals surface area contributed by atoms with Crippen molar-refractivity contribution in [3.8, 4) is 11.5 Å². The first-order chi connectivity index (χ1) is 8.52. The number of carbonyl (C=O) groups is 1. The molecule has 2 rings (SSSR count). The van der Waals surface area contributed by atoms with Gasteiger partial charge in [-0.15, -0.1) is 0 Å². The SMILES string of the molecule is CCc1nc(-c2ccc(F)c(Br)c2)oc1C(=O)O. The fourth-order valence-electron chi connectivity index (χ4n) is 1.51. The van der Waals surface area contributed by atoms with E-state index in [1.54, 1.807) is 6.92 Å². The monoisotopic (exact) mass is 313 g/mol. The Morgan fingerprint density at radius 3 is 2.78 bits per heavy atom. The molecule has 1 aromatic carbocycles. The van der Waals surface area contributed by atoms with Crippen LogP contribution in [0, 0.1) is 5.82 Å². The number of carboxylic acid groups (broad SMARTS) is 1. The summed E-state index contributed by atoms with van der Waals surface area (Å²) < 4.78 is 18.6. The summed E-state index contributed by atoms with van der Waals surface area (Å²) in [6.07, 6.45) is 0.452. The topological polar surface area (TPSA) is 63.3 Å². The molecule has 94 valence electrons. The third kappa shape index (κ3) is 2.28. The van der Waals surface area contributed by atoms with Crippen molar-refractivity contribution in [1.82, 2.24) is 4.98 Å². The average Bonchev–Trinajstić information content (AvgIpc) is 2.77. The zero-order valence-electron chi connectivity index (χ0n) is 9.41. The van der Waals surface area contributed by atoms with Crippen LogP contribution < -0.4 is 0 Å². The van der Waals surface area contributed by atoms with E-state index in [-0.39, 0.29) is 16.1 Å².